The lowest BCUT2D eigenvalue weighted by Crippen LogP contribution is -2.36. The van der Waals surface area contributed by atoms with E-state index in [1.165, 1.54) is 0 Å². The van der Waals surface area contributed by atoms with Crippen LogP contribution in [0.5, 0.6) is 5.75 Å². The molecule has 0 saturated heterocycles. The molecule has 0 amide bonds. The average Bonchev–Trinajstić information content (AvgIpc) is 2.61. The SMILES string of the molecule is COc1cc(C)nc(N2CCc3nc(C(N)=NC=N)ncc3C2C)c1. The topological polar surface area (TPSA) is 113 Å². The summed E-state index contributed by atoms with van der Waals surface area (Å²) >= 11 is 0. The Labute approximate surface area is 146 Å². The number of aliphatic imine (C=N–C) groups is 1. The van der Waals surface area contributed by atoms with Crippen molar-refractivity contribution >= 4 is 18.0 Å². The second kappa shape index (κ2) is 6.84. The fourth-order valence-corrected chi connectivity index (χ4v) is 3.01. The van der Waals surface area contributed by atoms with Crippen molar-refractivity contribution in [3.8, 4) is 5.75 Å². The molecule has 0 saturated carbocycles. The predicted molar refractivity (Wildman–Crippen MR) is 96.5 cm³/mol. The summed E-state index contributed by atoms with van der Waals surface area (Å²) < 4.78 is 5.36. The van der Waals surface area contributed by atoms with Crippen LogP contribution >= 0.6 is 0 Å². The number of rotatable bonds is 4. The first-order valence-corrected chi connectivity index (χ1v) is 8.01. The van der Waals surface area contributed by atoms with E-state index in [2.05, 4.69) is 31.8 Å². The third-order valence-corrected chi connectivity index (χ3v) is 4.28. The van der Waals surface area contributed by atoms with Crippen molar-refractivity contribution in [2.45, 2.75) is 26.3 Å². The molecular formula is C17H21N7O. The molecule has 0 spiro atoms. The van der Waals surface area contributed by atoms with E-state index in [0.717, 1.165) is 47.8 Å². The maximum atomic E-state index is 7.00. The van der Waals surface area contributed by atoms with Crippen LogP contribution in [0.3, 0.4) is 0 Å². The fourth-order valence-electron chi connectivity index (χ4n) is 3.01. The van der Waals surface area contributed by atoms with Crippen molar-refractivity contribution in [2.75, 3.05) is 18.6 Å². The average molecular weight is 339 g/mol. The smallest absolute Gasteiger partial charge is 0.195 e. The number of pyridine rings is 1. The maximum Gasteiger partial charge on any atom is 0.195 e. The molecule has 1 aliphatic heterocycles. The van der Waals surface area contributed by atoms with E-state index >= 15 is 0 Å². The van der Waals surface area contributed by atoms with Gasteiger partial charge in [0, 0.05) is 42.6 Å². The van der Waals surface area contributed by atoms with Gasteiger partial charge in [-0.2, -0.15) is 0 Å². The van der Waals surface area contributed by atoms with Gasteiger partial charge in [0.25, 0.3) is 0 Å². The molecule has 2 aromatic rings. The molecule has 3 N–H and O–H groups in total. The zero-order chi connectivity index (χ0) is 18.0. The summed E-state index contributed by atoms with van der Waals surface area (Å²) in [5.41, 5.74) is 8.69. The third kappa shape index (κ3) is 3.28. The van der Waals surface area contributed by atoms with Gasteiger partial charge in [0.2, 0.25) is 0 Å². The van der Waals surface area contributed by atoms with Crippen LogP contribution in [0, 0.1) is 12.3 Å². The minimum Gasteiger partial charge on any atom is -0.497 e. The Morgan fingerprint density at radius 2 is 2.24 bits per heavy atom. The number of hydrogen-bond donors (Lipinski definition) is 2. The van der Waals surface area contributed by atoms with Crippen molar-refractivity contribution in [1.82, 2.24) is 15.0 Å². The van der Waals surface area contributed by atoms with Gasteiger partial charge in [0.1, 0.15) is 17.9 Å². The first kappa shape index (κ1) is 16.8. The maximum absolute atomic E-state index is 7.00. The second-order valence-electron chi connectivity index (χ2n) is 5.87. The highest BCUT2D eigenvalue weighted by Gasteiger charge is 2.27. The van der Waals surface area contributed by atoms with E-state index < -0.39 is 0 Å². The second-order valence-corrected chi connectivity index (χ2v) is 5.87. The van der Waals surface area contributed by atoms with Crippen molar-refractivity contribution < 1.29 is 4.74 Å². The molecule has 8 nitrogen and oxygen atoms in total. The molecule has 0 bridgehead atoms. The molecule has 25 heavy (non-hydrogen) atoms. The molecule has 1 unspecified atom stereocenters. The lowest BCUT2D eigenvalue weighted by atomic mass is 9.99. The van der Waals surface area contributed by atoms with E-state index in [1.54, 1.807) is 13.3 Å². The molecule has 1 atom stereocenters. The van der Waals surface area contributed by atoms with Gasteiger partial charge in [0.15, 0.2) is 11.7 Å². The Morgan fingerprint density at radius 1 is 1.44 bits per heavy atom. The van der Waals surface area contributed by atoms with E-state index in [0.29, 0.717) is 5.82 Å². The number of nitrogens with two attached hydrogens (primary N) is 1. The van der Waals surface area contributed by atoms with Gasteiger partial charge in [-0.15, -0.1) is 0 Å². The van der Waals surface area contributed by atoms with Crippen LogP contribution in [0.25, 0.3) is 0 Å². The van der Waals surface area contributed by atoms with E-state index in [1.807, 2.05) is 19.1 Å². The predicted octanol–water partition coefficient (Wildman–Crippen LogP) is 1.62. The lowest BCUT2D eigenvalue weighted by Gasteiger charge is -2.35. The van der Waals surface area contributed by atoms with Crippen LogP contribution in [-0.4, -0.2) is 40.8 Å². The Hall–Kier alpha value is -3.03. The van der Waals surface area contributed by atoms with Crippen molar-refractivity contribution in [1.29, 1.82) is 5.41 Å². The Balaban J connectivity index is 1.94. The number of hydrogen-bond acceptors (Lipinski definition) is 6. The number of nitrogens with one attached hydrogen (secondary N) is 1. The third-order valence-electron chi connectivity index (χ3n) is 4.28. The molecule has 1 aliphatic rings. The van der Waals surface area contributed by atoms with Gasteiger partial charge in [-0.3, -0.25) is 5.41 Å². The molecule has 0 radical (unpaired) electrons. The van der Waals surface area contributed by atoms with Crippen molar-refractivity contribution in [3.63, 3.8) is 0 Å². The fraction of sp³-hybridized carbons (Fsp3) is 0.353. The van der Waals surface area contributed by atoms with Crippen LogP contribution < -0.4 is 15.4 Å². The van der Waals surface area contributed by atoms with E-state index in [4.69, 9.17) is 15.9 Å². The minimum atomic E-state index is 0.0812. The summed E-state index contributed by atoms with van der Waals surface area (Å²) in [5, 5.41) is 7.00. The van der Waals surface area contributed by atoms with Crippen LogP contribution in [0.2, 0.25) is 0 Å². The summed E-state index contributed by atoms with van der Waals surface area (Å²) in [5.74, 6) is 2.18. The Morgan fingerprint density at radius 3 is 2.96 bits per heavy atom. The van der Waals surface area contributed by atoms with E-state index in [9.17, 15) is 0 Å². The summed E-state index contributed by atoms with van der Waals surface area (Å²) in [6.07, 6.45) is 3.43. The highest BCUT2D eigenvalue weighted by Crippen LogP contribution is 2.33. The van der Waals surface area contributed by atoms with Crippen LogP contribution in [0.15, 0.2) is 23.3 Å². The largest absolute Gasteiger partial charge is 0.497 e. The van der Waals surface area contributed by atoms with Gasteiger partial charge >= 0.3 is 0 Å². The number of aromatic nitrogens is 3. The van der Waals surface area contributed by atoms with Crippen LogP contribution in [-0.2, 0) is 6.42 Å². The molecule has 0 aromatic carbocycles. The zero-order valence-corrected chi connectivity index (χ0v) is 14.5. The molecule has 3 heterocycles. The number of fused-ring (bicyclic) bond motifs is 1. The monoisotopic (exact) mass is 339 g/mol. The van der Waals surface area contributed by atoms with E-state index in [-0.39, 0.29) is 11.9 Å². The highest BCUT2D eigenvalue weighted by atomic mass is 16.5. The van der Waals surface area contributed by atoms with Gasteiger partial charge in [-0.05, 0) is 13.8 Å². The highest BCUT2D eigenvalue weighted by molar-refractivity contribution is 5.97. The molecule has 3 rings (SSSR count). The van der Waals surface area contributed by atoms with Crippen LogP contribution in [0.1, 0.15) is 35.7 Å². The molecule has 0 aliphatic carbocycles. The Kier molecular flexibility index (Phi) is 4.60. The minimum absolute atomic E-state index is 0.0812. The standard InChI is InChI=1S/C17H21N7O/c1-10-6-12(25-3)7-15(22-10)24-5-4-14-13(11(24)2)8-20-17(23-14)16(19)21-9-18/h6-9,11H,4-5H2,1-3H3,(H3,18,19,21). The number of anilines is 1. The normalized spacial score (nSPS) is 17.2. The first-order chi connectivity index (χ1) is 12.0. The molecule has 130 valence electrons. The summed E-state index contributed by atoms with van der Waals surface area (Å²) in [6, 6.07) is 3.93. The quantitative estimate of drug-likeness (QED) is 0.646. The van der Waals surface area contributed by atoms with Gasteiger partial charge in [-0.1, -0.05) is 0 Å². The number of ether oxygens (including phenoxy) is 1. The molecular weight excluding hydrogens is 318 g/mol. The van der Waals surface area contributed by atoms with Crippen molar-refractivity contribution in [3.05, 3.63) is 41.1 Å². The number of aryl methyl sites for hydroxylation is 1. The summed E-state index contributed by atoms with van der Waals surface area (Å²) in [6.45, 7) is 4.84. The zero-order valence-electron chi connectivity index (χ0n) is 14.5. The number of methoxy groups -OCH3 is 1. The molecule has 0 fully saturated rings. The van der Waals surface area contributed by atoms with Gasteiger partial charge in [0.05, 0.1) is 18.8 Å². The van der Waals surface area contributed by atoms with Crippen molar-refractivity contribution in [2.24, 2.45) is 10.7 Å². The molecule has 8 heteroatoms. The number of nitrogens with zero attached hydrogens (tertiary/aromatic N) is 5. The molecule has 2 aromatic heterocycles. The Bertz CT molecular complexity index is 834. The lowest BCUT2D eigenvalue weighted by molar-refractivity contribution is 0.413. The first-order valence-electron chi connectivity index (χ1n) is 8.01. The summed E-state index contributed by atoms with van der Waals surface area (Å²) in [4.78, 5) is 19.4. The summed E-state index contributed by atoms with van der Waals surface area (Å²) in [7, 11) is 1.66. The van der Waals surface area contributed by atoms with Crippen LogP contribution in [0.4, 0.5) is 5.82 Å². The number of amidine groups is 1. The van der Waals surface area contributed by atoms with Gasteiger partial charge < -0.3 is 15.4 Å². The van der Waals surface area contributed by atoms with Gasteiger partial charge in [-0.25, -0.2) is 19.9 Å².